The molecule has 20 heavy (non-hydrogen) atoms. The molecule has 1 aliphatic heterocycles. The molecule has 2 rings (SSSR count). The number of rotatable bonds is 3. The summed E-state index contributed by atoms with van der Waals surface area (Å²) in [5.41, 5.74) is -0.0334. The summed E-state index contributed by atoms with van der Waals surface area (Å²) < 4.78 is 40.8. The normalized spacial score (nSPS) is 20.5. The molecule has 0 aromatic carbocycles. The van der Waals surface area contributed by atoms with Crippen molar-refractivity contribution in [2.24, 2.45) is 0 Å². The molecular formula is C13H18BF2NO3. The molecule has 1 saturated heterocycles. The molecule has 1 aromatic heterocycles. The van der Waals surface area contributed by atoms with E-state index in [2.05, 4.69) is 9.72 Å². The SMILES string of the molecule is Cc1ncc(B2OC(C)(C)C(C)(C)O2)cc1OC(F)F. The van der Waals surface area contributed by atoms with Crippen LogP contribution in [-0.2, 0) is 9.31 Å². The molecule has 0 radical (unpaired) electrons. The molecule has 0 N–H and O–H groups in total. The van der Waals surface area contributed by atoms with Gasteiger partial charge in [-0.1, -0.05) is 0 Å². The summed E-state index contributed by atoms with van der Waals surface area (Å²) in [6, 6.07) is 1.48. The molecule has 1 fully saturated rings. The highest BCUT2D eigenvalue weighted by molar-refractivity contribution is 6.62. The minimum atomic E-state index is -2.89. The fourth-order valence-electron chi connectivity index (χ4n) is 1.85. The molecule has 0 saturated carbocycles. The van der Waals surface area contributed by atoms with Gasteiger partial charge in [0.05, 0.1) is 16.9 Å². The van der Waals surface area contributed by atoms with Gasteiger partial charge in [0.1, 0.15) is 5.75 Å². The minimum Gasteiger partial charge on any atom is -0.433 e. The lowest BCUT2D eigenvalue weighted by Crippen LogP contribution is -2.41. The van der Waals surface area contributed by atoms with Gasteiger partial charge in [0.25, 0.3) is 0 Å². The van der Waals surface area contributed by atoms with E-state index in [4.69, 9.17) is 9.31 Å². The van der Waals surface area contributed by atoms with E-state index in [1.165, 1.54) is 6.07 Å². The van der Waals surface area contributed by atoms with Crippen molar-refractivity contribution in [1.29, 1.82) is 0 Å². The molecule has 2 heterocycles. The predicted molar refractivity (Wildman–Crippen MR) is 71.3 cm³/mol. The maximum Gasteiger partial charge on any atom is 0.496 e. The number of hydrogen-bond donors (Lipinski definition) is 0. The van der Waals surface area contributed by atoms with Crippen LogP contribution in [-0.4, -0.2) is 29.9 Å². The molecule has 110 valence electrons. The summed E-state index contributed by atoms with van der Waals surface area (Å²) in [6.07, 6.45) is 1.55. The van der Waals surface area contributed by atoms with Crippen molar-refractivity contribution in [2.75, 3.05) is 0 Å². The third kappa shape index (κ3) is 2.78. The largest absolute Gasteiger partial charge is 0.496 e. The van der Waals surface area contributed by atoms with Gasteiger partial charge in [-0.15, -0.1) is 0 Å². The second kappa shape index (κ2) is 4.97. The van der Waals surface area contributed by atoms with Gasteiger partial charge in [-0.2, -0.15) is 8.78 Å². The van der Waals surface area contributed by atoms with E-state index >= 15 is 0 Å². The molecule has 0 bridgehead atoms. The van der Waals surface area contributed by atoms with Crippen LogP contribution < -0.4 is 10.2 Å². The van der Waals surface area contributed by atoms with Gasteiger partial charge in [-0.3, -0.25) is 4.98 Å². The second-order valence-electron chi connectivity index (χ2n) is 5.82. The van der Waals surface area contributed by atoms with Crippen LogP contribution in [0, 0.1) is 6.92 Å². The zero-order valence-corrected chi connectivity index (χ0v) is 12.2. The lowest BCUT2D eigenvalue weighted by molar-refractivity contribution is -0.0505. The standard InChI is InChI=1S/C13H18BF2NO3/c1-8-10(18-11(15)16)6-9(7-17-8)14-19-12(2,3)13(4,5)20-14/h6-7,11H,1-5H3. The van der Waals surface area contributed by atoms with Crippen LogP contribution in [0.3, 0.4) is 0 Å². The van der Waals surface area contributed by atoms with Crippen LogP contribution in [0.2, 0.25) is 0 Å². The molecule has 4 nitrogen and oxygen atoms in total. The Morgan fingerprint density at radius 1 is 1.20 bits per heavy atom. The second-order valence-corrected chi connectivity index (χ2v) is 5.82. The average Bonchev–Trinajstić information content (AvgIpc) is 2.50. The molecule has 0 unspecified atom stereocenters. The Morgan fingerprint density at radius 3 is 2.25 bits per heavy atom. The van der Waals surface area contributed by atoms with Crippen molar-refractivity contribution in [3.63, 3.8) is 0 Å². The van der Waals surface area contributed by atoms with Gasteiger partial charge in [0, 0.05) is 11.7 Å². The van der Waals surface area contributed by atoms with Crippen LogP contribution in [0.1, 0.15) is 33.4 Å². The Labute approximate surface area is 117 Å². The van der Waals surface area contributed by atoms with Crippen molar-refractivity contribution < 1.29 is 22.8 Å². The summed E-state index contributed by atoms with van der Waals surface area (Å²) in [5, 5.41) is 0. The van der Waals surface area contributed by atoms with Gasteiger partial charge in [0.2, 0.25) is 0 Å². The summed E-state index contributed by atoms with van der Waals surface area (Å²) >= 11 is 0. The molecule has 1 aliphatic rings. The third-order valence-corrected chi connectivity index (χ3v) is 3.80. The zero-order chi connectivity index (χ0) is 15.1. The van der Waals surface area contributed by atoms with Gasteiger partial charge < -0.3 is 14.0 Å². The van der Waals surface area contributed by atoms with Crippen LogP contribution >= 0.6 is 0 Å². The summed E-state index contributed by atoms with van der Waals surface area (Å²) in [6.45, 7) is 6.41. The highest BCUT2D eigenvalue weighted by Crippen LogP contribution is 2.36. The van der Waals surface area contributed by atoms with E-state index < -0.39 is 24.9 Å². The average molecular weight is 285 g/mol. The fourth-order valence-corrected chi connectivity index (χ4v) is 1.85. The van der Waals surface area contributed by atoms with E-state index in [0.29, 0.717) is 11.2 Å². The van der Waals surface area contributed by atoms with Crippen molar-refractivity contribution in [2.45, 2.75) is 52.4 Å². The molecule has 1 aromatic rings. The Morgan fingerprint density at radius 2 is 1.75 bits per heavy atom. The molecule has 7 heteroatoms. The van der Waals surface area contributed by atoms with Crippen molar-refractivity contribution in [1.82, 2.24) is 4.98 Å². The molecule has 0 spiro atoms. The summed E-state index contributed by atoms with van der Waals surface area (Å²) in [4.78, 5) is 4.05. The predicted octanol–water partition coefficient (Wildman–Crippen LogP) is 2.29. The Balaban J connectivity index is 2.27. The number of ether oxygens (including phenoxy) is 1. The van der Waals surface area contributed by atoms with Crippen LogP contribution in [0.5, 0.6) is 5.75 Å². The van der Waals surface area contributed by atoms with Gasteiger partial charge in [-0.05, 0) is 40.7 Å². The summed E-state index contributed by atoms with van der Waals surface area (Å²) in [5.74, 6) is 0.0345. The highest BCUT2D eigenvalue weighted by Gasteiger charge is 2.51. The topological polar surface area (TPSA) is 40.6 Å². The number of aromatic nitrogens is 1. The van der Waals surface area contributed by atoms with Crippen LogP contribution in [0.15, 0.2) is 12.3 Å². The van der Waals surface area contributed by atoms with E-state index in [1.54, 1.807) is 13.1 Å². The number of nitrogens with zero attached hydrogens (tertiary/aromatic N) is 1. The first kappa shape index (κ1) is 15.2. The van der Waals surface area contributed by atoms with E-state index in [-0.39, 0.29) is 5.75 Å². The molecular weight excluding hydrogens is 267 g/mol. The fraction of sp³-hybridized carbons (Fsp3) is 0.615. The number of hydrogen-bond acceptors (Lipinski definition) is 4. The van der Waals surface area contributed by atoms with Gasteiger partial charge in [-0.25, -0.2) is 0 Å². The smallest absolute Gasteiger partial charge is 0.433 e. The zero-order valence-electron chi connectivity index (χ0n) is 12.2. The van der Waals surface area contributed by atoms with Crippen molar-refractivity contribution >= 4 is 12.6 Å². The lowest BCUT2D eigenvalue weighted by Gasteiger charge is -2.32. The van der Waals surface area contributed by atoms with Crippen molar-refractivity contribution in [3.05, 3.63) is 18.0 Å². The van der Waals surface area contributed by atoms with E-state index in [9.17, 15) is 8.78 Å². The lowest BCUT2D eigenvalue weighted by atomic mass is 9.80. The number of aryl methyl sites for hydroxylation is 1. The van der Waals surface area contributed by atoms with Crippen LogP contribution in [0.4, 0.5) is 8.78 Å². The maximum absolute atomic E-state index is 12.3. The molecule has 0 aliphatic carbocycles. The van der Waals surface area contributed by atoms with Gasteiger partial charge in [0.15, 0.2) is 0 Å². The monoisotopic (exact) mass is 285 g/mol. The van der Waals surface area contributed by atoms with E-state index in [1.807, 2.05) is 27.7 Å². The Hall–Kier alpha value is -1.21. The minimum absolute atomic E-state index is 0.0345. The first-order valence-electron chi connectivity index (χ1n) is 6.39. The molecule has 0 amide bonds. The number of alkyl halides is 2. The van der Waals surface area contributed by atoms with Crippen LogP contribution in [0.25, 0.3) is 0 Å². The quantitative estimate of drug-likeness (QED) is 0.799. The van der Waals surface area contributed by atoms with Crippen molar-refractivity contribution in [3.8, 4) is 5.75 Å². The number of halogens is 2. The summed E-state index contributed by atoms with van der Waals surface area (Å²) in [7, 11) is -0.645. The maximum atomic E-state index is 12.3. The highest BCUT2D eigenvalue weighted by atomic mass is 19.3. The Bertz CT molecular complexity index is 492. The Kier molecular flexibility index (Phi) is 3.77. The molecule has 0 atom stereocenters. The first-order chi connectivity index (χ1) is 9.12. The first-order valence-corrected chi connectivity index (χ1v) is 6.39. The third-order valence-electron chi connectivity index (χ3n) is 3.80. The van der Waals surface area contributed by atoms with Gasteiger partial charge >= 0.3 is 13.7 Å². The number of pyridine rings is 1. The van der Waals surface area contributed by atoms with E-state index in [0.717, 1.165) is 0 Å².